The van der Waals surface area contributed by atoms with Crippen molar-refractivity contribution in [2.75, 3.05) is 0 Å². The van der Waals surface area contributed by atoms with E-state index >= 15 is 0 Å². The van der Waals surface area contributed by atoms with Gasteiger partial charge in [0.25, 0.3) is 0 Å². The van der Waals surface area contributed by atoms with E-state index < -0.39 is 0 Å². The molecular weight excluding hydrogens is 123 g/mol. The fourth-order valence-electron chi connectivity index (χ4n) is 0. The molecule has 0 fully saturated rings. The van der Waals surface area contributed by atoms with Crippen LogP contribution in [0.2, 0.25) is 0 Å². The normalized spacial score (nSPS) is 1.25. The summed E-state index contributed by atoms with van der Waals surface area (Å²) in [5, 5.41) is 0. The van der Waals surface area contributed by atoms with Crippen LogP contribution < -0.4 is 0 Å². The molecule has 0 unspecified atom stereocenters. The van der Waals surface area contributed by atoms with Crippen molar-refractivity contribution >= 4 is 40.4 Å². The molecule has 0 saturated carbocycles. The summed E-state index contributed by atoms with van der Waals surface area (Å²) in [5.74, 6) is 0. The minimum atomic E-state index is 0. The Bertz CT molecular complexity index is 13.5. The Hall–Kier alpha value is 1.62. The first kappa shape index (κ1) is 17.5. The molecule has 0 N–H and O–H groups in total. The summed E-state index contributed by atoms with van der Waals surface area (Å²) >= 11 is 2.00. The Morgan fingerprint density at radius 1 is 1.50 bits per heavy atom. The van der Waals surface area contributed by atoms with Crippen molar-refractivity contribution in [3.8, 4) is 0 Å². The second kappa shape index (κ2) is 23.1. The van der Waals surface area contributed by atoms with Gasteiger partial charge in [0.15, 0.2) is 17.4 Å². The van der Waals surface area contributed by atoms with E-state index in [2.05, 4.69) is 0 Å². The van der Waals surface area contributed by atoms with Crippen LogP contribution in [-0.4, -0.2) is 40.4 Å². The molecule has 0 aromatic carbocycles. The van der Waals surface area contributed by atoms with Crippen molar-refractivity contribution in [2.45, 2.75) is 0 Å². The van der Waals surface area contributed by atoms with Crippen molar-refractivity contribution in [3.63, 3.8) is 0 Å². The van der Waals surface area contributed by atoms with Gasteiger partial charge in [0, 0.05) is 0 Å². The van der Waals surface area contributed by atoms with E-state index in [0.717, 1.165) is 0 Å². The monoisotopic (exact) mass is 128 g/mol. The SMILES string of the molecule is [AlH3].[H-].[H-].[Mg+2].[O]=[Fe]. The third-order valence-electron chi connectivity index (χ3n) is 0. The van der Waals surface area contributed by atoms with Gasteiger partial charge in [0.1, 0.15) is 0 Å². The van der Waals surface area contributed by atoms with Crippen LogP contribution in [0.3, 0.4) is 0 Å². The van der Waals surface area contributed by atoms with E-state index in [9.17, 15) is 0 Å². The summed E-state index contributed by atoms with van der Waals surface area (Å²) in [5.41, 5.74) is 0. The molecule has 0 aromatic rings. The van der Waals surface area contributed by atoms with Crippen molar-refractivity contribution in [3.05, 3.63) is 0 Å². The minimum absolute atomic E-state index is 0. The van der Waals surface area contributed by atoms with Crippen LogP contribution >= 0.6 is 0 Å². The topological polar surface area (TPSA) is 17.1 Å². The van der Waals surface area contributed by atoms with Crippen molar-refractivity contribution in [2.24, 2.45) is 0 Å². The molecule has 4 heteroatoms. The van der Waals surface area contributed by atoms with E-state index in [4.69, 9.17) is 3.83 Å². The molecule has 4 heavy (non-hydrogen) atoms. The Labute approximate surface area is 62.8 Å². The fraction of sp³-hybridized carbons (Fsp3) is 0. The van der Waals surface area contributed by atoms with Gasteiger partial charge in [-0.1, -0.05) is 0 Å². The Morgan fingerprint density at radius 3 is 1.50 bits per heavy atom. The first-order chi connectivity index (χ1) is 1.00. The predicted molar refractivity (Wildman–Crippen MR) is 18.6 cm³/mol. The molecule has 0 rings (SSSR count). The van der Waals surface area contributed by atoms with Crippen LogP contribution in [0.5, 0.6) is 0 Å². The summed E-state index contributed by atoms with van der Waals surface area (Å²) in [6, 6.07) is 0. The van der Waals surface area contributed by atoms with Gasteiger partial charge in [-0.2, -0.15) is 0 Å². The third kappa shape index (κ3) is 9.47. The van der Waals surface area contributed by atoms with E-state index in [1.54, 1.807) is 0 Å². The summed E-state index contributed by atoms with van der Waals surface area (Å²) in [4.78, 5) is 0. The van der Waals surface area contributed by atoms with Crippen LogP contribution in [0.25, 0.3) is 0 Å². The van der Waals surface area contributed by atoms with Gasteiger partial charge in [-0.25, -0.2) is 0 Å². The maximum absolute atomic E-state index is 8.00. The van der Waals surface area contributed by atoms with E-state index in [1.165, 1.54) is 0 Å². The first-order valence-corrected chi connectivity index (χ1v) is 0.595. The molecule has 0 aliphatic heterocycles. The summed E-state index contributed by atoms with van der Waals surface area (Å²) in [6.07, 6.45) is 0. The van der Waals surface area contributed by atoms with Crippen LogP contribution in [0.1, 0.15) is 2.85 Å². The Kier molecular flexibility index (Phi) is 101. The van der Waals surface area contributed by atoms with Gasteiger partial charge in [0.05, 0.1) is 0 Å². The molecular formula is H5AlFeMgO. The number of hydrogen-bond donors (Lipinski definition) is 0. The standard InChI is InChI=1S/Al.Fe.Mg.O.5H/q;;+2;;;;;2*-1. The molecule has 0 aromatic heterocycles. The molecule has 0 radical (unpaired) electrons. The molecule has 24 valence electrons. The first-order valence-electron chi connectivity index (χ1n) is 0.144. The predicted octanol–water partition coefficient (Wildman–Crippen LogP) is -1.46. The zero-order valence-electron chi connectivity index (χ0n) is 3.47. The van der Waals surface area contributed by atoms with Crippen LogP contribution in [0, 0.1) is 0 Å². The van der Waals surface area contributed by atoms with Crippen LogP contribution in [0.15, 0.2) is 0 Å². The van der Waals surface area contributed by atoms with Gasteiger partial charge in [0.2, 0.25) is 0 Å². The second-order valence-electron chi connectivity index (χ2n) is 0. The third-order valence-corrected chi connectivity index (χ3v) is 0. The van der Waals surface area contributed by atoms with Gasteiger partial charge >= 0.3 is 42.8 Å². The summed E-state index contributed by atoms with van der Waals surface area (Å²) in [6.45, 7) is 0. The molecule has 1 nitrogen and oxygen atoms in total. The molecule has 0 amide bonds. The number of rotatable bonds is 0. The zero-order valence-corrected chi connectivity index (χ0v) is 3.99. The molecule has 0 aliphatic carbocycles. The molecule has 0 bridgehead atoms. The van der Waals surface area contributed by atoms with Gasteiger partial charge in [-0.15, -0.1) is 0 Å². The molecule has 0 heterocycles. The number of hydrogen-bond acceptors (Lipinski definition) is 1. The van der Waals surface area contributed by atoms with Gasteiger partial charge in [-0.05, 0) is 0 Å². The van der Waals surface area contributed by atoms with E-state index in [-0.39, 0.29) is 43.3 Å². The van der Waals surface area contributed by atoms with Gasteiger partial charge in [-0.3, -0.25) is 0 Å². The Balaban J connectivity index is -0.000000000833. The van der Waals surface area contributed by atoms with Crippen LogP contribution in [0.4, 0.5) is 0 Å². The average molecular weight is 128 g/mol. The zero-order chi connectivity index (χ0) is 2.00. The second-order valence-corrected chi connectivity index (χ2v) is 0. The van der Waals surface area contributed by atoms with Gasteiger partial charge < -0.3 is 2.85 Å². The maximum atomic E-state index is 8.00. The summed E-state index contributed by atoms with van der Waals surface area (Å²) < 4.78 is 8.00. The molecule has 0 saturated heterocycles. The fourth-order valence-corrected chi connectivity index (χ4v) is 0. The van der Waals surface area contributed by atoms with Crippen molar-refractivity contribution in [1.82, 2.24) is 0 Å². The van der Waals surface area contributed by atoms with Crippen molar-refractivity contribution in [1.29, 1.82) is 0 Å². The van der Waals surface area contributed by atoms with E-state index in [0.29, 0.717) is 0 Å². The summed E-state index contributed by atoms with van der Waals surface area (Å²) in [7, 11) is 0. The molecule has 0 atom stereocenters. The Morgan fingerprint density at radius 2 is 1.50 bits per heavy atom. The van der Waals surface area contributed by atoms with Crippen molar-refractivity contribution < 1.29 is 22.6 Å². The molecule has 0 aliphatic rings. The molecule has 0 spiro atoms. The van der Waals surface area contributed by atoms with E-state index in [1.807, 2.05) is 15.9 Å². The average Bonchev–Trinajstić information content (AvgIpc) is 1.00. The van der Waals surface area contributed by atoms with Crippen LogP contribution in [-0.2, 0) is 19.8 Å². The quantitative estimate of drug-likeness (QED) is 0.364.